The van der Waals surface area contributed by atoms with Crippen LogP contribution in [-0.4, -0.2) is 17.0 Å². The van der Waals surface area contributed by atoms with E-state index in [-0.39, 0.29) is 16.9 Å². The first kappa shape index (κ1) is 15.5. The number of hydrogen-bond donors (Lipinski definition) is 1. The molecule has 1 N–H and O–H groups in total. The highest BCUT2D eigenvalue weighted by molar-refractivity contribution is 5.94. The average Bonchev–Trinajstić information content (AvgIpc) is 2.54. The van der Waals surface area contributed by atoms with Crippen molar-refractivity contribution in [2.24, 2.45) is 0 Å². The van der Waals surface area contributed by atoms with Crippen molar-refractivity contribution in [1.82, 2.24) is 0 Å². The second-order valence-corrected chi connectivity index (χ2v) is 4.74. The van der Waals surface area contributed by atoms with Crippen molar-refractivity contribution < 1.29 is 24.2 Å². The Balaban J connectivity index is 2.91. The highest BCUT2D eigenvalue weighted by Crippen LogP contribution is 2.41. The van der Waals surface area contributed by atoms with Crippen molar-refractivity contribution in [2.75, 3.05) is 0 Å². The Hall–Kier alpha value is -2.89. The van der Waals surface area contributed by atoms with Gasteiger partial charge in [-0.2, -0.15) is 0 Å². The van der Waals surface area contributed by atoms with Crippen LogP contribution in [0.4, 0.5) is 0 Å². The summed E-state index contributed by atoms with van der Waals surface area (Å²) in [6.07, 6.45) is 0. The highest BCUT2D eigenvalue weighted by Gasteiger charge is 2.20. The zero-order valence-electron chi connectivity index (χ0n) is 12.3. The molecule has 6 nitrogen and oxygen atoms in total. The number of carbonyl (C=O) groups is 2. The number of aryl methyl sites for hydroxylation is 1. The van der Waals surface area contributed by atoms with Crippen molar-refractivity contribution in [1.29, 1.82) is 0 Å². The van der Waals surface area contributed by atoms with Gasteiger partial charge in [-0.1, -0.05) is 18.2 Å². The Labute approximate surface area is 125 Å². The summed E-state index contributed by atoms with van der Waals surface area (Å²) in [4.78, 5) is 34.7. The van der Waals surface area contributed by atoms with Gasteiger partial charge in [-0.3, -0.25) is 14.4 Å². The van der Waals surface area contributed by atoms with E-state index >= 15 is 0 Å². The lowest BCUT2D eigenvalue weighted by molar-refractivity contribution is -0.134. The van der Waals surface area contributed by atoms with Crippen molar-refractivity contribution in [3.8, 4) is 17.2 Å². The van der Waals surface area contributed by atoms with E-state index in [1.54, 1.807) is 25.1 Å². The monoisotopic (exact) mass is 302 g/mol. The molecular formula is C16H14O6. The van der Waals surface area contributed by atoms with Gasteiger partial charge >= 0.3 is 11.9 Å². The third-order valence-corrected chi connectivity index (χ3v) is 2.96. The zero-order chi connectivity index (χ0) is 16.4. The smallest absolute Gasteiger partial charge is 0.308 e. The number of fused-ring (bicyclic) bond motifs is 1. The van der Waals surface area contributed by atoms with Crippen LogP contribution < -0.4 is 14.9 Å². The number of rotatable bonds is 2. The molecule has 6 heteroatoms. The Bertz CT molecular complexity index is 838. The number of phenols is 1. The quantitative estimate of drug-likeness (QED) is 0.674. The maximum Gasteiger partial charge on any atom is 0.308 e. The molecule has 0 aliphatic heterocycles. The Kier molecular flexibility index (Phi) is 4.12. The fraction of sp³-hybridized carbons (Fsp3) is 0.188. The lowest BCUT2D eigenvalue weighted by atomic mass is 10.1. The SMILES string of the molecule is CC(=O)Oc1cc2cccc(C)c(=O)c2c(O)c1OC(C)=O. The van der Waals surface area contributed by atoms with Crippen LogP contribution >= 0.6 is 0 Å². The van der Waals surface area contributed by atoms with Gasteiger partial charge in [0.2, 0.25) is 5.75 Å². The lowest BCUT2D eigenvalue weighted by Gasteiger charge is -2.11. The van der Waals surface area contributed by atoms with E-state index in [2.05, 4.69) is 0 Å². The molecule has 0 aromatic heterocycles. The minimum absolute atomic E-state index is 0.00495. The summed E-state index contributed by atoms with van der Waals surface area (Å²) in [5, 5.41) is 10.7. The summed E-state index contributed by atoms with van der Waals surface area (Å²) >= 11 is 0. The molecule has 0 spiro atoms. The molecule has 0 radical (unpaired) electrons. The normalized spacial score (nSPS) is 10.3. The summed E-state index contributed by atoms with van der Waals surface area (Å²) in [6, 6.07) is 6.20. The number of benzene rings is 1. The van der Waals surface area contributed by atoms with E-state index in [9.17, 15) is 19.5 Å². The Morgan fingerprint density at radius 2 is 1.73 bits per heavy atom. The van der Waals surface area contributed by atoms with Gasteiger partial charge in [-0.05, 0) is 23.9 Å². The number of phenolic OH excluding ortho intramolecular Hbond substituents is 1. The molecule has 0 atom stereocenters. The van der Waals surface area contributed by atoms with Gasteiger partial charge in [-0.25, -0.2) is 0 Å². The van der Waals surface area contributed by atoms with Crippen LogP contribution in [0.3, 0.4) is 0 Å². The fourth-order valence-corrected chi connectivity index (χ4v) is 2.06. The first-order chi connectivity index (χ1) is 10.3. The van der Waals surface area contributed by atoms with Gasteiger partial charge in [0.15, 0.2) is 16.9 Å². The van der Waals surface area contributed by atoms with E-state index in [4.69, 9.17) is 9.47 Å². The molecule has 0 amide bonds. The molecule has 0 unspecified atom stereocenters. The molecule has 0 saturated carbocycles. The highest BCUT2D eigenvalue weighted by atomic mass is 16.6. The fourth-order valence-electron chi connectivity index (χ4n) is 2.06. The van der Waals surface area contributed by atoms with Gasteiger partial charge in [0.25, 0.3) is 0 Å². The molecule has 0 heterocycles. The molecule has 22 heavy (non-hydrogen) atoms. The maximum atomic E-state index is 12.3. The van der Waals surface area contributed by atoms with Gasteiger partial charge in [0.05, 0.1) is 5.39 Å². The molecule has 0 aliphatic rings. The third-order valence-electron chi connectivity index (χ3n) is 2.96. The van der Waals surface area contributed by atoms with Gasteiger partial charge < -0.3 is 14.6 Å². The summed E-state index contributed by atoms with van der Waals surface area (Å²) < 4.78 is 9.86. The first-order valence-electron chi connectivity index (χ1n) is 6.47. The maximum absolute atomic E-state index is 12.3. The van der Waals surface area contributed by atoms with Crippen LogP contribution in [0.15, 0.2) is 29.1 Å². The molecular weight excluding hydrogens is 288 g/mol. The summed E-state index contributed by atoms with van der Waals surface area (Å²) in [5.74, 6) is -2.37. The summed E-state index contributed by atoms with van der Waals surface area (Å²) in [7, 11) is 0. The molecule has 2 rings (SSSR count). The topological polar surface area (TPSA) is 89.9 Å². The number of aromatic hydroxyl groups is 1. The second kappa shape index (κ2) is 5.85. The number of esters is 2. The molecule has 0 aliphatic carbocycles. The van der Waals surface area contributed by atoms with Crippen LogP contribution in [-0.2, 0) is 9.59 Å². The van der Waals surface area contributed by atoms with E-state index in [1.165, 1.54) is 13.0 Å². The molecule has 2 aromatic carbocycles. The third kappa shape index (κ3) is 2.90. The Morgan fingerprint density at radius 3 is 2.32 bits per heavy atom. The van der Waals surface area contributed by atoms with Crippen molar-refractivity contribution in [2.45, 2.75) is 20.8 Å². The number of hydrogen-bond acceptors (Lipinski definition) is 6. The first-order valence-corrected chi connectivity index (χ1v) is 6.47. The van der Waals surface area contributed by atoms with E-state index in [0.29, 0.717) is 10.9 Å². The molecule has 0 fully saturated rings. The molecule has 114 valence electrons. The van der Waals surface area contributed by atoms with E-state index in [0.717, 1.165) is 6.92 Å². The van der Waals surface area contributed by atoms with E-state index < -0.39 is 23.1 Å². The second-order valence-electron chi connectivity index (χ2n) is 4.74. The largest absolute Gasteiger partial charge is 0.504 e. The molecule has 0 bridgehead atoms. The van der Waals surface area contributed by atoms with Crippen LogP contribution in [0.5, 0.6) is 17.2 Å². The number of ether oxygens (including phenoxy) is 2. The van der Waals surface area contributed by atoms with Gasteiger partial charge in [-0.15, -0.1) is 0 Å². The average molecular weight is 302 g/mol. The van der Waals surface area contributed by atoms with Crippen LogP contribution in [0.25, 0.3) is 10.8 Å². The van der Waals surface area contributed by atoms with Gasteiger partial charge in [0, 0.05) is 13.8 Å². The van der Waals surface area contributed by atoms with Crippen LogP contribution in [0.2, 0.25) is 0 Å². The minimum Gasteiger partial charge on any atom is -0.504 e. The van der Waals surface area contributed by atoms with Crippen LogP contribution in [0, 0.1) is 6.92 Å². The van der Waals surface area contributed by atoms with Crippen LogP contribution in [0.1, 0.15) is 19.4 Å². The Morgan fingerprint density at radius 1 is 1.09 bits per heavy atom. The van der Waals surface area contributed by atoms with Gasteiger partial charge in [0.1, 0.15) is 0 Å². The van der Waals surface area contributed by atoms with Crippen molar-refractivity contribution in [3.05, 3.63) is 40.1 Å². The number of carbonyl (C=O) groups excluding carboxylic acids is 2. The van der Waals surface area contributed by atoms with Crippen molar-refractivity contribution >= 4 is 22.7 Å². The predicted molar refractivity (Wildman–Crippen MR) is 79.2 cm³/mol. The summed E-state index contributed by atoms with van der Waals surface area (Å²) in [6.45, 7) is 3.91. The lowest BCUT2D eigenvalue weighted by Crippen LogP contribution is -2.09. The van der Waals surface area contributed by atoms with E-state index in [1.807, 2.05) is 0 Å². The minimum atomic E-state index is -0.715. The molecule has 2 aromatic rings. The predicted octanol–water partition coefficient (Wildman–Crippen LogP) is 2.06. The van der Waals surface area contributed by atoms with Crippen molar-refractivity contribution in [3.63, 3.8) is 0 Å². The zero-order valence-corrected chi connectivity index (χ0v) is 12.3. The summed E-state index contributed by atoms with van der Waals surface area (Å²) in [5.41, 5.74) is 0.0135. The molecule has 0 saturated heterocycles. The standard InChI is InChI=1S/C16H14O6/c1-8-5-4-6-11-7-12(21-9(2)17)16(22-10(3)18)15(20)13(11)14(8)19/h4-7,20H,1-3H3.